The van der Waals surface area contributed by atoms with E-state index in [1.54, 1.807) is 6.08 Å². The Morgan fingerprint density at radius 1 is 1.29 bits per heavy atom. The second-order valence-corrected chi connectivity index (χ2v) is 3.84. The first-order chi connectivity index (χ1) is 8.13. The van der Waals surface area contributed by atoms with Crippen molar-refractivity contribution in [1.82, 2.24) is 4.90 Å². The van der Waals surface area contributed by atoms with Crippen LogP contribution in [0.3, 0.4) is 0 Å². The van der Waals surface area contributed by atoms with Gasteiger partial charge in [-0.15, -0.1) is 0 Å². The number of hydrogen-bond donors (Lipinski definition) is 0. The van der Waals surface area contributed by atoms with Gasteiger partial charge in [0.15, 0.2) is 0 Å². The van der Waals surface area contributed by atoms with Crippen LogP contribution >= 0.6 is 0 Å². The molecule has 0 aliphatic heterocycles. The molecule has 1 aliphatic rings. The zero-order valence-electron chi connectivity index (χ0n) is 10.8. The summed E-state index contributed by atoms with van der Waals surface area (Å²) >= 11 is 0. The topological polar surface area (TPSA) is 58.1 Å². The van der Waals surface area contributed by atoms with Crippen LogP contribution in [0, 0.1) is 0 Å². The molecule has 1 atom stereocenters. The molecule has 1 unspecified atom stereocenters. The van der Waals surface area contributed by atoms with E-state index in [2.05, 4.69) is 4.79 Å². The molecule has 0 aromatic rings. The van der Waals surface area contributed by atoms with Crippen LogP contribution in [0.25, 0.3) is 5.53 Å². The van der Waals surface area contributed by atoms with Crippen molar-refractivity contribution in [3.63, 3.8) is 0 Å². The Morgan fingerprint density at radius 3 is 2.41 bits per heavy atom. The third-order valence-electron chi connectivity index (χ3n) is 2.41. The Hall–Kier alpha value is -1.58. The summed E-state index contributed by atoms with van der Waals surface area (Å²) in [4.78, 5) is 5.23. The molecule has 0 N–H and O–H groups in total. The number of rotatable bonds is 5. The van der Waals surface area contributed by atoms with Gasteiger partial charge in [0.1, 0.15) is 5.76 Å². The van der Waals surface area contributed by atoms with E-state index in [0.717, 1.165) is 5.76 Å². The summed E-state index contributed by atoms with van der Waals surface area (Å²) in [5, 5.41) is 0. The number of hydrogen-bond acceptors (Lipinski definition) is 3. The minimum absolute atomic E-state index is 0.00185. The van der Waals surface area contributed by atoms with E-state index in [1.165, 1.54) is 0 Å². The maximum absolute atomic E-state index is 8.95. The third-order valence-corrected chi connectivity index (χ3v) is 2.41. The van der Waals surface area contributed by atoms with Gasteiger partial charge >= 0.3 is 5.71 Å². The van der Waals surface area contributed by atoms with Crippen molar-refractivity contribution in [2.45, 2.75) is 19.9 Å². The molecule has 5 heteroatoms. The van der Waals surface area contributed by atoms with Crippen LogP contribution in [0.5, 0.6) is 0 Å². The summed E-state index contributed by atoms with van der Waals surface area (Å²) in [5.41, 5.74) is 9.35. The first kappa shape index (κ1) is 13.5. The number of allylic oxidation sites excluding steroid dienone is 1. The van der Waals surface area contributed by atoms with E-state index in [0.29, 0.717) is 24.7 Å². The summed E-state index contributed by atoms with van der Waals surface area (Å²) in [6, 6.07) is 0.00185. The van der Waals surface area contributed by atoms with Gasteiger partial charge in [-0.1, -0.05) is 0 Å². The van der Waals surface area contributed by atoms with Gasteiger partial charge in [-0.3, -0.25) is 4.90 Å². The van der Waals surface area contributed by atoms with Gasteiger partial charge in [0, 0.05) is 0 Å². The number of nitrogens with zero attached hydrogens (tertiary/aromatic N) is 3. The van der Waals surface area contributed by atoms with Crippen molar-refractivity contribution in [2.75, 3.05) is 27.3 Å². The van der Waals surface area contributed by atoms with Crippen molar-refractivity contribution in [2.24, 2.45) is 0 Å². The highest BCUT2D eigenvalue weighted by Gasteiger charge is 2.29. The molecule has 0 aromatic heterocycles. The lowest BCUT2D eigenvalue weighted by Gasteiger charge is -2.26. The highest BCUT2D eigenvalue weighted by Crippen LogP contribution is 2.20. The SMILES string of the molecule is CCOC1=CC(N(C)C)C(OCC)=CC1=[N+]=[N-]. The lowest BCUT2D eigenvalue weighted by Crippen LogP contribution is -2.33. The van der Waals surface area contributed by atoms with Gasteiger partial charge < -0.3 is 15.0 Å². The minimum Gasteiger partial charge on any atom is -0.496 e. The quantitative estimate of drug-likeness (QED) is 0.537. The minimum atomic E-state index is 0.00185. The maximum atomic E-state index is 8.95. The monoisotopic (exact) mass is 237 g/mol. The van der Waals surface area contributed by atoms with Crippen molar-refractivity contribution < 1.29 is 14.3 Å². The first-order valence-corrected chi connectivity index (χ1v) is 5.71. The molecular formula is C12H19N3O2. The Morgan fingerprint density at radius 2 is 1.94 bits per heavy atom. The Bertz CT molecular complexity index is 379. The summed E-state index contributed by atoms with van der Waals surface area (Å²) < 4.78 is 11.0. The predicted octanol–water partition coefficient (Wildman–Crippen LogP) is 1.44. The van der Waals surface area contributed by atoms with Crippen LogP contribution in [-0.4, -0.2) is 48.8 Å². The standard InChI is InChI=1S/C12H19N3O2/c1-5-16-11-8-10(15(3)4)12(17-6-2)7-9(11)14-13/h7-8,10H,5-6H2,1-4H3. The summed E-state index contributed by atoms with van der Waals surface area (Å²) in [7, 11) is 3.91. The average molecular weight is 237 g/mol. The summed E-state index contributed by atoms with van der Waals surface area (Å²) in [6.07, 6.45) is 3.60. The van der Waals surface area contributed by atoms with Gasteiger partial charge in [0.2, 0.25) is 5.76 Å². The van der Waals surface area contributed by atoms with Crippen LogP contribution in [0.1, 0.15) is 13.8 Å². The molecule has 5 nitrogen and oxygen atoms in total. The van der Waals surface area contributed by atoms with Crippen LogP contribution in [0.15, 0.2) is 23.7 Å². The highest BCUT2D eigenvalue weighted by molar-refractivity contribution is 6.04. The van der Waals surface area contributed by atoms with Gasteiger partial charge in [0.05, 0.1) is 25.3 Å². The van der Waals surface area contributed by atoms with E-state index >= 15 is 0 Å². The Labute approximate surface area is 102 Å². The molecule has 1 aliphatic carbocycles. The molecule has 1 rings (SSSR count). The average Bonchev–Trinajstić information content (AvgIpc) is 2.30. The van der Waals surface area contributed by atoms with Crippen molar-refractivity contribution in [1.29, 1.82) is 0 Å². The number of ether oxygens (including phenoxy) is 2. The molecule has 17 heavy (non-hydrogen) atoms. The lowest BCUT2D eigenvalue weighted by atomic mass is 10.0. The lowest BCUT2D eigenvalue weighted by molar-refractivity contribution is -0.00874. The number of likely N-dealkylation sites (N-methyl/N-ethyl adjacent to an activating group) is 1. The largest absolute Gasteiger partial charge is 0.496 e. The molecule has 94 valence electrons. The molecule has 0 amide bonds. The third kappa shape index (κ3) is 3.19. The van der Waals surface area contributed by atoms with Crippen LogP contribution < -0.4 is 0 Å². The smallest absolute Gasteiger partial charge is 0.359 e. The van der Waals surface area contributed by atoms with Gasteiger partial charge in [0.25, 0.3) is 0 Å². The molecule has 0 bridgehead atoms. The maximum Gasteiger partial charge on any atom is 0.359 e. The second kappa shape index (κ2) is 6.23. The van der Waals surface area contributed by atoms with Crippen LogP contribution in [0.4, 0.5) is 0 Å². The molecular weight excluding hydrogens is 218 g/mol. The molecule has 0 spiro atoms. The molecule has 0 radical (unpaired) electrons. The van der Waals surface area contributed by atoms with E-state index in [-0.39, 0.29) is 6.04 Å². The summed E-state index contributed by atoms with van der Waals surface area (Å²) in [5.74, 6) is 1.34. The molecule has 0 saturated carbocycles. The Kier molecular flexibility index (Phi) is 4.94. The van der Waals surface area contributed by atoms with Crippen molar-refractivity contribution in [3.05, 3.63) is 29.2 Å². The highest BCUT2D eigenvalue weighted by atomic mass is 16.5. The first-order valence-electron chi connectivity index (χ1n) is 5.71. The van der Waals surface area contributed by atoms with E-state index in [1.807, 2.05) is 38.9 Å². The van der Waals surface area contributed by atoms with Crippen molar-refractivity contribution in [3.8, 4) is 0 Å². The molecule has 0 fully saturated rings. The summed E-state index contributed by atoms with van der Waals surface area (Å²) in [6.45, 7) is 4.92. The zero-order valence-corrected chi connectivity index (χ0v) is 10.8. The van der Waals surface area contributed by atoms with Crippen LogP contribution in [0.2, 0.25) is 0 Å². The Balaban J connectivity index is 3.06. The fourth-order valence-electron chi connectivity index (χ4n) is 1.66. The van der Waals surface area contributed by atoms with Gasteiger partial charge in [-0.05, 0) is 34.0 Å². The van der Waals surface area contributed by atoms with E-state index < -0.39 is 0 Å². The van der Waals surface area contributed by atoms with Gasteiger partial charge in [-0.25, -0.2) is 0 Å². The fourth-order valence-corrected chi connectivity index (χ4v) is 1.66. The van der Waals surface area contributed by atoms with Gasteiger partial charge in [-0.2, -0.15) is 4.79 Å². The van der Waals surface area contributed by atoms with Crippen molar-refractivity contribution >= 4 is 5.71 Å². The van der Waals surface area contributed by atoms with E-state index in [4.69, 9.17) is 15.0 Å². The second-order valence-electron chi connectivity index (χ2n) is 3.84. The van der Waals surface area contributed by atoms with Crippen LogP contribution in [-0.2, 0) is 9.47 Å². The zero-order chi connectivity index (χ0) is 12.8. The molecule has 0 heterocycles. The molecule has 0 aromatic carbocycles. The normalized spacial score (nSPS) is 19.6. The molecule has 0 saturated heterocycles. The predicted molar refractivity (Wildman–Crippen MR) is 65.5 cm³/mol. The fraction of sp³-hybridized carbons (Fsp3) is 0.583. The van der Waals surface area contributed by atoms with E-state index in [9.17, 15) is 0 Å².